The van der Waals surface area contributed by atoms with E-state index in [9.17, 15) is 18.8 Å². The molecule has 166 valence electrons. The Labute approximate surface area is 180 Å². The summed E-state index contributed by atoms with van der Waals surface area (Å²) in [6, 6.07) is 10.1. The molecule has 0 aliphatic heterocycles. The third-order valence-corrected chi connectivity index (χ3v) is 3.97. The average Bonchev–Trinajstić information content (AvgIpc) is 2.68. The van der Waals surface area contributed by atoms with E-state index in [-0.39, 0.29) is 16.9 Å². The molecule has 9 heteroatoms. The predicted molar refractivity (Wildman–Crippen MR) is 115 cm³/mol. The number of benzene rings is 2. The minimum Gasteiger partial charge on any atom is -0.465 e. The Kier molecular flexibility index (Phi) is 7.57. The molecule has 0 spiro atoms. The molecule has 8 nitrogen and oxygen atoms in total. The monoisotopic (exact) mass is 431 g/mol. The molecule has 0 aromatic heterocycles. The van der Waals surface area contributed by atoms with Crippen LogP contribution in [0.2, 0.25) is 0 Å². The number of rotatable bonds is 6. The summed E-state index contributed by atoms with van der Waals surface area (Å²) in [5.41, 5.74) is -0.366. The third-order valence-electron chi connectivity index (χ3n) is 3.97. The molecule has 2 aromatic carbocycles. The van der Waals surface area contributed by atoms with Crippen molar-refractivity contribution in [2.24, 2.45) is 0 Å². The number of alkyl carbamates (subject to hydrolysis) is 1. The van der Waals surface area contributed by atoms with Gasteiger partial charge in [-0.1, -0.05) is 18.2 Å². The molecule has 3 N–H and O–H groups in total. The van der Waals surface area contributed by atoms with Crippen LogP contribution in [0.4, 0.5) is 26.2 Å². The van der Waals surface area contributed by atoms with Crippen LogP contribution in [0.15, 0.2) is 42.5 Å². The van der Waals surface area contributed by atoms with Gasteiger partial charge in [0.15, 0.2) is 0 Å². The molecule has 0 aliphatic carbocycles. The van der Waals surface area contributed by atoms with Crippen LogP contribution in [0.1, 0.15) is 38.1 Å². The molecule has 31 heavy (non-hydrogen) atoms. The standard InChI is InChI=1S/C22H26FN3O5/c1-13(24-21(29)31-22(2,3)4)19(27)26-16-12-11-15(23)17(20(28)30-5)18(16)25-14-9-7-6-8-10-14/h6-13,25H,1-5H3,(H,24,29)(H,26,27)/t13-/m0/s1. The van der Waals surface area contributed by atoms with Gasteiger partial charge in [-0.05, 0) is 52.0 Å². The molecule has 0 fully saturated rings. The summed E-state index contributed by atoms with van der Waals surface area (Å²) in [5.74, 6) is -2.32. The molecule has 2 rings (SSSR count). The molecule has 0 saturated heterocycles. The summed E-state index contributed by atoms with van der Waals surface area (Å²) in [6.07, 6.45) is -0.757. The number of methoxy groups -OCH3 is 1. The first kappa shape index (κ1) is 23.7. The zero-order valence-electron chi connectivity index (χ0n) is 18.0. The van der Waals surface area contributed by atoms with Crippen molar-refractivity contribution in [3.05, 3.63) is 53.8 Å². The Morgan fingerprint density at radius 2 is 1.68 bits per heavy atom. The summed E-state index contributed by atoms with van der Waals surface area (Å²) in [7, 11) is 1.13. The quantitative estimate of drug-likeness (QED) is 0.592. The SMILES string of the molecule is COC(=O)c1c(F)ccc(NC(=O)[C@H](C)NC(=O)OC(C)(C)C)c1Nc1ccccc1. The highest BCUT2D eigenvalue weighted by Gasteiger charge is 2.25. The van der Waals surface area contributed by atoms with Gasteiger partial charge in [0, 0.05) is 5.69 Å². The zero-order chi connectivity index (χ0) is 23.2. The number of amides is 2. The number of hydrogen-bond donors (Lipinski definition) is 3. The van der Waals surface area contributed by atoms with E-state index in [4.69, 9.17) is 9.47 Å². The number of carbonyl (C=O) groups excluding carboxylic acids is 3. The average molecular weight is 431 g/mol. The highest BCUT2D eigenvalue weighted by Crippen LogP contribution is 2.32. The normalized spacial score (nSPS) is 11.8. The van der Waals surface area contributed by atoms with Gasteiger partial charge in [-0.15, -0.1) is 0 Å². The van der Waals surface area contributed by atoms with Gasteiger partial charge in [0.1, 0.15) is 23.0 Å². The van der Waals surface area contributed by atoms with Crippen molar-refractivity contribution in [3.8, 4) is 0 Å². The van der Waals surface area contributed by atoms with E-state index >= 15 is 0 Å². The number of nitrogens with one attached hydrogen (secondary N) is 3. The van der Waals surface area contributed by atoms with E-state index in [1.165, 1.54) is 13.0 Å². The molecule has 2 amide bonds. The summed E-state index contributed by atoms with van der Waals surface area (Å²) >= 11 is 0. The van der Waals surface area contributed by atoms with Crippen LogP contribution in [0.5, 0.6) is 0 Å². The van der Waals surface area contributed by atoms with E-state index in [0.717, 1.165) is 13.2 Å². The van der Waals surface area contributed by atoms with Crippen LogP contribution in [0.25, 0.3) is 0 Å². The van der Waals surface area contributed by atoms with Crippen LogP contribution in [0, 0.1) is 5.82 Å². The molecule has 0 aliphatic rings. The van der Waals surface area contributed by atoms with Gasteiger partial charge >= 0.3 is 12.1 Å². The minimum absolute atomic E-state index is 0.0240. The second-order valence-corrected chi connectivity index (χ2v) is 7.68. The van der Waals surface area contributed by atoms with Crippen LogP contribution in [0.3, 0.4) is 0 Å². The Morgan fingerprint density at radius 3 is 2.26 bits per heavy atom. The van der Waals surface area contributed by atoms with Crippen molar-refractivity contribution in [2.75, 3.05) is 17.7 Å². The molecule has 0 saturated carbocycles. The summed E-state index contributed by atoms with van der Waals surface area (Å²) in [4.78, 5) is 36.8. The number of hydrogen-bond acceptors (Lipinski definition) is 6. The molecule has 0 heterocycles. The lowest BCUT2D eigenvalue weighted by molar-refractivity contribution is -0.117. The molecule has 2 aromatic rings. The van der Waals surface area contributed by atoms with Gasteiger partial charge in [0.2, 0.25) is 5.91 Å². The van der Waals surface area contributed by atoms with Crippen LogP contribution in [-0.2, 0) is 14.3 Å². The summed E-state index contributed by atoms with van der Waals surface area (Å²) in [6.45, 7) is 6.57. The van der Waals surface area contributed by atoms with E-state index < -0.39 is 35.4 Å². The predicted octanol–water partition coefficient (Wildman–Crippen LogP) is 4.21. The molecule has 0 unspecified atom stereocenters. The van der Waals surface area contributed by atoms with Gasteiger partial charge in [0.25, 0.3) is 0 Å². The largest absolute Gasteiger partial charge is 0.465 e. The van der Waals surface area contributed by atoms with Crippen LogP contribution < -0.4 is 16.0 Å². The number of carbonyl (C=O) groups is 3. The Morgan fingerprint density at radius 1 is 1.03 bits per heavy atom. The molecule has 0 bridgehead atoms. The van der Waals surface area contributed by atoms with Crippen molar-refractivity contribution >= 4 is 35.0 Å². The van der Waals surface area contributed by atoms with E-state index in [0.29, 0.717) is 5.69 Å². The molecular formula is C22H26FN3O5. The van der Waals surface area contributed by atoms with E-state index in [1.54, 1.807) is 51.1 Å². The fourth-order valence-corrected chi connectivity index (χ4v) is 2.57. The number of anilines is 3. The van der Waals surface area contributed by atoms with Crippen molar-refractivity contribution in [1.29, 1.82) is 0 Å². The Hall–Kier alpha value is -3.62. The van der Waals surface area contributed by atoms with Crippen molar-refractivity contribution in [2.45, 2.75) is 39.3 Å². The molecule has 1 atom stereocenters. The van der Waals surface area contributed by atoms with Gasteiger partial charge < -0.3 is 25.4 Å². The highest BCUT2D eigenvalue weighted by atomic mass is 19.1. The maximum Gasteiger partial charge on any atom is 0.408 e. The maximum absolute atomic E-state index is 14.5. The number of para-hydroxylation sites is 1. The van der Waals surface area contributed by atoms with Gasteiger partial charge in [-0.2, -0.15) is 0 Å². The minimum atomic E-state index is -0.967. The lowest BCUT2D eigenvalue weighted by atomic mass is 10.1. The zero-order valence-corrected chi connectivity index (χ0v) is 18.0. The summed E-state index contributed by atoms with van der Waals surface area (Å²) < 4.78 is 24.3. The fraction of sp³-hybridized carbons (Fsp3) is 0.318. The van der Waals surface area contributed by atoms with Gasteiger partial charge in [0.05, 0.1) is 18.5 Å². The second kappa shape index (κ2) is 9.92. The van der Waals surface area contributed by atoms with E-state index in [1.807, 2.05) is 0 Å². The van der Waals surface area contributed by atoms with Gasteiger partial charge in [-0.3, -0.25) is 4.79 Å². The lowest BCUT2D eigenvalue weighted by Crippen LogP contribution is -2.44. The first-order valence-corrected chi connectivity index (χ1v) is 9.55. The number of halogens is 1. The molecule has 0 radical (unpaired) electrons. The van der Waals surface area contributed by atoms with Gasteiger partial charge in [-0.25, -0.2) is 14.0 Å². The third kappa shape index (κ3) is 6.70. The highest BCUT2D eigenvalue weighted by molar-refractivity contribution is 6.05. The first-order chi connectivity index (χ1) is 14.5. The topological polar surface area (TPSA) is 106 Å². The smallest absolute Gasteiger partial charge is 0.408 e. The number of esters is 1. The van der Waals surface area contributed by atoms with Crippen molar-refractivity contribution in [1.82, 2.24) is 5.32 Å². The lowest BCUT2D eigenvalue weighted by Gasteiger charge is -2.22. The maximum atomic E-state index is 14.5. The van der Waals surface area contributed by atoms with Crippen molar-refractivity contribution < 1.29 is 28.2 Å². The second-order valence-electron chi connectivity index (χ2n) is 7.68. The summed E-state index contributed by atoms with van der Waals surface area (Å²) in [5, 5.41) is 7.97. The van der Waals surface area contributed by atoms with Crippen LogP contribution >= 0.6 is 0 Å². The Balaban J connectivity index is 2.31. The Bertz CT molecular complexity index is 958. The van der Waals surface area contributed by atoms with Crippen molar-refractivity contribution in [3.63, 3.8) is 0 Å². The van der Waals surface area contributed by atoms with E-state index in [2.05, 4.69) is 16.0 Å². The first-order valence-electron chi connectivity index (χ1n) is 9.55. The number of ether oxygens (including phenoxy) is 2. The molecular weight excluding hydrogens is 405 g/mol. The van der Waals surface area contributed by atoms with Crippen LogP contribution in [-0.4, -0.2) is 36.7 Å². The fourth-order valence-electron chi connectivity index (χ4n) is 2.57.